The van der Waals surface area contributed by atoms with Gasteiger partial charge in [0.05, 0.1) is 0 Å². The second-order valence-electron chi connectivity index (χ2n) is 15.2. The Balaban J connectivity index is 3.28. The molecule has 330 valence electrons. The van der Waals surface area contributed by atoms with Gasteiger partial charge in [-0.15, -0.1) is 0 Å². The fraction of sp³-hybridized carbons (Fsp3) is 0.870. The minimum absolute atomic E-state index is 1.26. The molecule has 0 atom stereocenters. The van der Waals surface area contributed by atoms with E-state index in [1.54, 1.807) is 14.7 Å². The summed E-state index contributed by atoms with van der Waals surface area (Å²) in [5, 5.41) is 0. The van der Waals surface area contributed by atoms with Crippen LogP contribution >= 0.6 is 108 Å². The van der Waals surface area contributed by atoms with E-state index in [4.69, 9.17) is 0 Å². The Labute approximate surface area is 390 Å². The molecule has 1 aromatic rings. The minimum atomic E-state index is 1.26. The van der Waals surface area contributed by atoms with E-state index in [1.807, 2.05) is 0 Å². The van der Waals surface area contributed by atoms with E-state index >= 15 is 0 Å². The van der Waals surface area contributed by atoms with Gasteiger partial charge in [0.2, 0.25) is 0 Å². The molecule has 0 nitrogen and oxygen atoms in total. The molecule has 0 unspecified atom stereocenters. The van der Waals surface area contributed by atoms with Crippen LogP contribution in [0.1, 0.15) is 227 Å². The Morgan fingerprint density at radius 2 is 0.464 bits per heavy atom. The van der Waals surface area contributed by atoms with Gasteiger partial charge in [0, 0.05) is 53.2 Å². The molecule has 0 saturated heterocycles. The lowest BCUT2D eigenvalue weighted by atomic mass is 10.1. The molecule has 0 fully saturated rings. The molecule has 1 rings (SSSR count). The van der Waals surface area contributed by atoms with E-state index in [0.717, 1.165) is 0 Å². The van der Waals surface area contributed by atoms with Gasteiger partial charge in [-0.25, -0.2) is 0 Å². The van der Waals surface area contributed by atoms with E-state index in [1.165, 1.54) is 231 Å². The molecule has 0 heterocycles. The first-order chi connectivity index (χ1) is 27.7. The SMILES string of the molecule is CCCCCCCCSSc1cc(SSCCCCCCCC)c(SSCCCCCCCC)c(SSCCCCCCCC)c1SSCCCCCCCC. The van der Waals surface area contributed by atoms with E-state index < -0.39 is 0 Å². The monoisotopic (exact) mass is 958 g/mol. The maximum absolute atomic E-state index is 2.64. The van der Waals surface area contributed by atoms with Gasteiger partial charge in [-0.05, 0) is 38.2 Å². The van der Waals surface area contributed by atoms with Gasteiger partial charge in [0.25, 0.3) is 0 Å². The van der Waals surface area contributed by atoms with Gasteiger partial charge < -0.3 is 0 Å². The summed E-state index contributed by atoms with van der Waals surface area (Å²) in [6.07, 6.45) is 41.5. The smallest absolute Gasteiger partial charge is 0.0495 e. The molecule has 56 heavy (non-hydrogen) atoms. The topological polar surface area (TPSA) is 0 Å². The summed E-state index contributed by atoms with van der Waals surface area (Å²) in [4.78, 5) is 7.83. The third kappa shape index (κ3) is 33.3. The summed E-state index contributed by atoms with van der Waals surface area (Å²) in [6, 6.07) is 2.64. The lowest BCUT2D eigenvalue weighted by Crippen LogP contribution is -1.91. The second kappa shape index (κ2) is 45.7. The van der Waals surface area contributed by atoms with Crippen molar-refractivity contribution in [3.8, 4) is 0 Å². The lowest BCUT2D eigenvalue weighted by Gasteiger charge is -2.20. The second-order valence-corrected chi connectivity index (χ2v) is 27.4. The van der Waals surface area contributed by atoms with Crippen molar-refractivity contribution in [2.75, 3.05) is 28.8 Å². The third-order valence-corrected chi connectivity index (χ3v) is 22.7. The van der Waals surface area contributed by atoms with Crippen molar-refractivity contribution in [1.29, 1.82) is 0 Å². The first-order valence-corrected chi connectivity index (χ1v) is 35.0. The van der Waals surface area contributed by atoms with Crippen LogP contribution in [0.5, 0.6) is 0 Å². The Kier molecular flexibility index (Phi) is 46.3. The van der Waals surface area contributed by atoms with Crippen molar-refractivity contribution < 1.29 is 0 Å². The standard InChI is InChI=1S/C46H86S10/c1-6-11-16-21-26-31-36-47-52-42-41-43(53-48-37-32-27-22-17-12-7-2)45(55-50-39-34-29-24-19-14-9-4)46(56-51-40-35-30-25-20-15-10-5)44(42)54-49-38-33-28-23-18-13-8-3/h41H,6-40H2,1-5H3. The van der Waals surface area contributed by atoms with Gasteiger partial charge in [0.1, 0.15) is 0 Å². The largest absolute Gasteiger partial charge is 0.0889 e. The predicted octanol–water partition coefficient (Wildman–Crippen LogP) is 22.2. The molecule has 0 saturated carbocycles. The first-order valence-electron chi connectivity index (χ1n) is 23.4. The van der Waals surface area contributed by atoms with E-state index in [0.29, 0.717) is 0 Å². The summed E-state index contributed by atoms with van der Waals surface area (Å²) in [5.41, 5.74) is 0. The van der Waals surface area contributed by atoms with E-state index in [2.05, 4.69) is 149 Å². The number of unbranched alkanes of at least 4 members (excludes halogenated alkanes) is 25. The molecule has 0 bridgehead atoms. The van der Waals surface area contributed by atoms with Crippen LogP contribution in [0.25, 0.3) is 0 Å². The minimum Gasteiger partial charge on any atom is -0.0889 e. The fourth-order valence-corrected chi connectivity index (χ4v) is 20.2. The first kappa shape index (κ1) is 56.7. The van der Waals surface area contributed by atoms with Gasteiger partial charge in [0.15, 0.2) is 0 Å². The molecule has 0 spiro atoms. The highest BCUT2D eigenvalue weighted by atomic mass is 33.1. The molecule has 0 aliphatic rings. The van der Waals surface area contributed by atoms with Gasteiger partial charge in [-0.1, -0.05) is 303 Å². The molecule has 10 heteroatoms. The van der Waals surface area contributed by atoms with Crippen molar-refractivity contribution in [1.82, 2.24) is 0 Å². The Bertz CT molecular complexity index is 900. The molecule has 0 radical (unpaired) electrons. The molecular weight excluding hydrogens is 873 g/mol. The summed E-state index contributed by atoms with van der Waals surface area (Å²) in [5.74, 6) is 6.32. The number of hydrogen-bond acceptors (Lipinski definition) is 10. The summed E-state index contributed by atoms with van der Waals surface area (Å²) in [7, 11) is 21.3. The molecule has 0 aromatic heterocycles. The average molecular weight is 960 g/mol. The lowest BCUT2D eigenvalue weighted by molar-refractivity contribution is 0.627. The molecule has 0 amide bonds. The summed E-state index contributed by atoms with van der Waals surface area (Å²) >= 11 is 0. The highest BCUT2D eigenvalue weighted by Crippen LogP contribution is 2.57. The number of rotatable bonds is 45. The van der Waals surface area contributed by atoms with Crippen LogP contribution in [-0.4, -0.2) is 28.8 Å². The van der Waals surface area contributed by atoms with Crippen LogP contribution < -0.4 is 0 Å². The van der Waals surface area contributed by atoms with Crippen LogP contribution in [0.2, 0.25) is 0 Å². The Morgan fingerprint density at radius 3 is 0.732 bits per heavy atom. The van der Waals surface area contributed by atoms with Crippen LogP contribution in [0.4, 0.5) is 0 Å². The molecule has 1 aromatic carbocycles. The van der Waals surface area contributed by atoms with Gasteiger partial charge in [-0.2, -0.15) is 0 Å². The van der Waals surface area contributed by atoms with Crippen molar-refractivity contribution in [2.45, 2.75) is 252 Å². The molecule has 0 aliphatic heterocycles. The number of benzene rings is 1. The third-order valence-electron chi connectivity index (χ3n) is 9.75. The maximum Gasteiger partial charge on any atom is 0.0495 e. The van der Waals surface area contributed by atoms with Gasteiger partial charge in [-0.3, -0.25) is 0 Å². The number of hydrogen-bond donors (Lipinski definition) is 0. The normalized spacial score (nSPS) is 11.7. The predicted molar refractivity (Wildman–Crippen MR) is 285 cm³/mol. The average Bonchev–Trinajstić information content (AvgIpc) is 3.21. The van der Waals surface area contributed by atoms with Gasteiger partial charge >= 0.3 is 0 Å². The zero-order chi connectivity index (χ0) is 40.4. The van der Waals surface area contributed by atoms with Crippen LogP contribution in [0, 0.1) is 0 Å². The van der Waals surface area contributed by atoms with Crippen molar-refractivity contribution in [3.63, 3.8) is 0 Å². The Morgan fingerprint density at radius 1 is 0.250 bits per heavy atom. The van der Waals surface area contributed by atoms with E-state index in [9.17, 15) is 0 Å². The summed E-state index contributed by atoms with van der Waals surface area (Å²) < 4.78 is 0. The fourth-order valence-electron chi connectivity index (χ4n) is 6.15. The van der Waals surface area contributed by atoms with E-state index in [-0.39, 0.29) is 0 Å². The van der Waals surface area contributed by atoms with Crippen molar-refractivity contribution in [3.05, 3.63) is 6.07 Å². The molecular formula is C46H86S10. The zero-order valence-electron chi connectivity index (χ0n) is 36.9. The molecule has 0 aliphatic carbocycles. The quantitative estimate of drug-likeness (QED) is 0.0456. The van der Waals surface area contributed by atoms with Crippen molar-refractivity contribution in [2.24, 2.45) is 0 Å². The van der Waals surface area contributed by atoms with Crippen LogP contribution in [0.3, 0.4) is 0 Å². The summed E-state index contributed by atoms with van der Waals surface area (Å²) in [6.45, 7) is 11.6. The highest BCUT2D eigenvalue weighted by molar-refractivity contribution is 8.80. The van der Waals surface area contributed by atoms with Crippen molar-refractivity contribution >= 4 is 108 Å². The zero-order valence-corrected chi connectivity index (χ0v) is 45.1. The Hall–Kier alpha value is 2.72. The van der Waals surface area contributed by atoms with Crippen LogP contribution in [0.15, 0.2) is 30.5 Å². The molecule has 0 N–H and O–H groups in total. The highest BCUT2D eigenvalue weighted by Gasteiger charge is 2.22. The maximum atomic E-state index is 2.64. The van der Waals surface area contributed by atoms with Crippen LogP contribution in [-0.2, 0) is 0 Å².